The lowest BCUT2D eigenvalue weighted by Crippen LogP contribution is -2.40. The van der Waals surface area contributed by atoms with Crippen molar-refractivity contribution < 1.29 is 27.5 Å². The van der Waals surface area contributed by atoms with Crippen molar-refractivity contribution in [2.45, 2.75) is 38.2 Å². The fourth-order valence-corrected chi connectivity index (χ4v) is 4.75. The number of benzene rings is 1. The smallest absolute Gasteiger partial charge is 0.309 e. The maximum absolute atomic E-state index is 12.9. The van der Waals surface area contributed by atoms with Crippen LogP contribution in [0.3, 0.4) is 0 Å². The number of carbonyl (C=O) groups excluding carboxylic acids is 2. The van der Waals surface area contributed by atoms with E-state index in [-0.39, 0.29) is 16.8 Å². The first kappa shape index (κ1) is 20.8. The molecule has 8 nitrogen and oxygen atoms in total. The van der Waals surface area contributed by atoms with Crippen molar-refractivity contribution in [3.05, 3.63) is 23.8 Å². The van der Waals surface area contributed by atoms with E-state index in [1.54, 1.807) is 19.1 Å². The van der Waals surface area contributed by atoms with E-state index in [1.165, 1.54) is 17.3 Å². The molecule has 0 radical (unpaired) electrons. The number of amides is 1. The topological polar surface area (TPSA) is 102 Å². The minimum absolute atomic E-state index is 0.125. The molecule has 154 valence electrons. The van der Waals surface area contributed by atoms with Crippen molar-refractivity contribution in [2.75, 3.05) is 31.6 Å². The molecule has 9 heteroatoms. The van der Waals surface area contributed by atoms with Crippen molar-refractivity contribution in [1.82, 2.24) is 4.31 Å². The molecule has 1 aromatic rings. The van der Waals surface area contributed by atoms with E-state index < -0.39 is 22.0 Å². The third-order valence-corrected chi connectivity index (χ3v) is 7.16. The van der Waals surface area contributed by atoms with Gasteiger partial charge in [0.15, 0.2) is 6.10 Å². The van der Waals surface area contributed by atoms with Gasteiger partial charge in [0.05, 0.1) is 24.0 Å². The number of nitrogens with zero attached hydrogens (tertiary/aromatic N) is 1. The van der Waals surface area contributed by atoms with Crippen molar-refractivity contribution in [1.29, 1.82) is 0 Å². The van der Waals surface area contributed by atoms with Crippen LogP contribution in [0.2, 0.25) is 0 Å². The predicted octanol–water partition coefficient (Wildman–Crippen LogP) is 1.54. The summed E-state index contributed by atoms with van der Waals surface area (Å²) in [4.78, 5) is 24.4. The van der Waals surface area contributed by atoms with Crippen molar-refractivity contribution in [2.24, 2.45) is 11.8 Å². The van der Waals surface area contributed by atoms with Crippen molar-refractivity contribution >= 4 is 27.6 Å². The van der Waals surface area contributed by atoms with Crippen LogP contribution < -0.4 is 5.32 Å². The Balaban J connectivity index is 1.70. The van der Waals surface area contributed by atoms with Gasteiger partial charge in [-0.3, -0.25) is 9.59 Å². The van der Waals surface area contributed by atoms with E-state index in [0.29, 0.717) is 43.5 Å². The van der Waals surface area contributed by atoms with Gasteiger partial charge in [-0.1, -0.05) is 13.0 Å². The Morgan fingerprint density at radius 1 is 1.29 bits per heavy atom. The van der Waals surface area contributed by atoms with Gasteiger partial charge in [-0.25, -0.2) is 8.42 Å². The highest BCUT2D eigenvalue weighted by Gasteiger charge is 2.41. The van der Waals surface area contributed by atoms with Gasteiger partial charge in [0.1, 0.15) is 0 Å². The summed E-state index contributed by atoms with van der Waals surface area (Å²) >= 11 is 0. The second kappa shape index (κ2) is 8.18. The maximum atomic E-state index is 12.9. The molecule has 0 bridgehead atoms. The van der Waals surface area contributed by atoms with Gasteiger partial charge >= 0.3 is 5.97 Å². The summed E-state index contributed by atoms with van der Waals surface area (Å²) < 4.78 is 37.7. The van der Waals surface area contributed by atoms with Gasteiger partial charge in [-0.2, -0.15) is 4.31 Å². The Morgan fingerprint density at radius 2 is 1.93 bits per heavy atom. The molecule has 1 aromatic carbocycles. The van der Waals surface area contributed by atoms with Gasteiger partial charge in [-0.15, -0.1) is 0 Å². The molecule has 1 heterocycles. The highest BCUT2D eigenvalue weighted by molar-refractivity contribution is 7.89. The highest BCUT2D eigenvalue weighted by Crippen LogP contribution is 2.38. The Morgan fingerprint density at radius 3 is 2.54 bits per heavy atom. The molecule has 0 aromatic heterocycles. The van der Waals surface area contributed by atoms with E-state index in [4.69, 9.17) is 9.47 Å². The number of ether oxygens (including phenoxy) is 2. The van der Waals surface area contributed by atoms with Crippen LogP contribution in [0, 0.1) is 18.8 Å². The van der Waals surface area contributed by atoms with E-state index in [9.17, 15) is 18.0 Å². The number of anilines is 1. The van der Waals surface area contributed by atoms with Crippen molar-refractivity contribution in [3.63, 3.8) is 0 Å². The van der Waals surface area contributed by atoms with Crippen LogP contribution >= 0.6 is 0 Å². The van der Waals surface area contributed by atoms with Crippen LogP contribution in [-0.4, -0.2) is 57.0 Å². The normalized spacial score (nSPS) is 23.7. The summed E-state index contributed by atoms with van der Waals surface area (Å²) in [5, 5.41) is 2.64. The molecule has 0 unspecified atom stereocenters. The van der Waals surface area contributed by atoms with Crippen LogP contribution in [0.4, 0.5) is 5.69 Å². The number of hydrogen-bond acceptors (Lipinski definition) is 6. The summed E-state index contributed by atoms with van der Waals surface area (Å²) in [6.45, 7) is 6.48. The Labute approximate surface area is 165 Å². The number of hydrogen-bond donors (Lipinski definition) is 1. The zero-order valence-electron chi connectivity index (χ0n) is 16.3. The highest BCUT2D eigenvalue weighted by atomic mass is 32.2. The van der Waals surface area contributed by atoms with Crippen LogP contribution in [-0.2, 0) is 29.1 Å². The molecule has 1 saturated carbocycles. The first-order valence-corrected chi connectivity index (χ1v) is 10.8. The molecule has 1 aliphatic heterocycles. The molecular formula is C19H26N2O6S. The Kier molecular flexibility index (Phi) is 6.07. The Bertz CT molecular complexity index is 863. The van der Waals surface area contributed by atoms with E-state index in [0.717, 1.165) is 6.42 Å². The zero-order chi connectivity index (χ0) is 20.5. The zero-order valence-corrected chi connectivity index (χ0v) is 17.1. The minimum atomic E-state index is -3.68. The van der Waals surface area contributed by atoms with Gasteiger partial charge < -0.3 is 14.8 Å². The molecule has 2 aliphatic rings. The second-order valence-electron chi connectivity index (χ2n) is 7.38. The number of sulfonamides is 1. The molecular weight excluding hydrogens is 384 g/mol. The predicted molar refractivity (Wildman–Crippen MR) is 102 cm³/mol. The number of carbonyl (C=O) groups is 2. The lowest BCUT2D eigenvalue weighted by molar-refractivity contribution is -0.154. The number of morpholine rings is 1. The lowest BCUT2D eigenvalue weighted by Gasteiger charge is -2.27. The number of esters is 1. The van der Waals surface area contributed by atoms with Gasteiger partial charge in [0, 0.05) is 18.8 Å². The monoisotopic (exact) mass is 410 g/mol. The minimum Gasteiger partial charge on any atom is -0.452 e. The molecule has 1 aliphatic carbocycles. The van der Waals surface area contributed by atoms with Crippen molar-refractivity contribution in [3.8, 4) is 0 Å². The number of rotatable bonds is 6. The molecule has 0 spiro atoms. The molecule has 1 N–H and O–H groups in total. The van der Waals surface area contributed by atoms with Gasteiger partial charge in [0.25, 0.3) is 5.91 Å². The van der Waals surface area contributed by atoms with Crippen LogP contribution in [0.1, 0.15) is 25.8 Å². The average Bonchev–Trinajstić information content (AvgIpc) is 3.40. The number of aryl methyl sites for hydroxylation is 1. The maximum Gasteiger partial charge on any atom is 0.309 e. The molecule has 1 saturated heterocycles. The summed E-state index contributed by atoms with van der Waals surface area (Å²) in [6, 6.07) is 4.71. The standard InChI is InChI=1S/C19H26N2O6S/c1-12-4-5-15(11-17(12)28(24,25)21-6-8-26-9-7-21)20-18(22)14(3)27-19(23)16-10-13(16)2/h4-5,11,13-14,16H,6-10H2,1-3H3,(H,20,22)/t13-,14+,16-/m0/s1. The second-order valence-corrected chi connectivity index (χ2v) is 9.29. The summed E-state index contributed by atoms with van der Waals surface area (Å²) in [6.07, 6.45) is -0.172. The third-order valence-electron chi connectivity index (χ3n) is 5.12. The number of nitrogens with one attached hydrogen (secondary N) is 1. The quantitative estimate of drug-likeness (QED) is 0.714. The molecule has 1 amide bonds. The fraction of sp³-hybridized carbons (Fsp3) is 0.579. The SMILES string of the molecule is Cc1ccc(NC(=O)[C@@H](C)OC(=O)[C@H]2C[C@@H]2C)cc1S(=O)(=O)N1CCOCC1. The molecule has 28 heavy (non-hydrogen) atoms. The van der Waals surface area contributed by atoms with Crippen LogP contribution in [0.5, 0.6) is 0 Å². The Hall–Kier alpha value is -1.97. The summed E-state index contributed by atoms with van der Waals surface area (Å²) in [5.74, 6) is -0.692. The van der Waals surface area contributed by atoms with E-state index in [1.807, 2.05) is 6.92 Å². The largest absolute Gasteiger partial charge is 0.452 e. The molecule has 3 rings (SSSR count). The van der Waals surface area contributed by atoms with Gasteiger partial charge in [-0.05, 0) is 43.9 Å². The molecule has 3 atom stereocenters. The first-order chi connectivity index (χ1) is 13.2. The van der Waals surface area contributed by atoms with E-state index >= 15 is 0 Å². The fourth-order valence-electron chi connectivity index (χ4n) is 3.09. The van der Waals surface area contributed by atoms with Gasteiger partial charge in [0.2, 0.25) is 10.0 Å². The van der Waals surface area contributed by atoms with Crippen LogP contribution in [0.15, 0.2) is 23.1 Å². The average molecular weight is 410 g/mol. The summed E-state index contributed by atoms with van der Waals surface area (Å²) in [5.41, 5.74) is 0.928. The summed E-state index contributed by atoms with van der Waals surface area (Å²) in [7, 11) is -3.68. The first-order valence-electron chi connectivity index (χ1n) is 9.40. The van der Waals surface area contributed by atoms with E-state index in [2.05, 4.69) is 5.32 Å². The molecule has 2 fully saturated rings. The third kappa shape index (κ3) is 4.53. The lowest BCUT2D eigenvalue weighted by atomic mass is 10.2. The van der Waals surface area contributed by atoms with Crippen LogP contribution in [0.25, 0.3) is 0 Å².